The van der Waals surface area contributed by atoms with Crippen molar-refractivity contribution in [3.8, 4) is 5.75 Å². The molecule has 25 heavy (non-hydrogen) atoms. The standard InChI is InChI=1S/C18H19ClN4O2/c1-25-14-8-6-12(7-9-14)16-10-17(22-21-16)18(24)23-20-11-13-4-2-3-5-15(13)19/h2-9,11,16-17,21-22H,10H2,1H3,(H,23,24)/b20-11+. The number of nitrogens with zero attached hydrogens (tertiary/aromatic N) is 1. The molecule has 0 aliphatic carbocycles. The zero-order chi connectivity index (χ0) is 17.6. The van der Waals surface area contributed by atoms with Gasteiger partial charge in [-0.1, -0.05) is 41.9 Å². The van der Waals surface area contributed by atoms with Crippen LogP contribution in [0.4, 0.5) is 0 Å². The number of halogens is 1. The van der Waals surface area contributed by atoms with Gasteiger partial charge >= 0.3 is 0 Å². The molecule has 6 nitrogen and oxygen atoms in total. The van der Waals surface area contributed by atoms with E-state index in [2.05, 4.69) is 21.4 Å². The molecule has 0 radical (unpaired) electrons. The number of hydrazine groups is 1. The van der Waals surface area contributed by atoms with Crippen LogP contribution in [0.5, 0.6) is 5.75 Å². The van der Waals surface area contributed by atoms with Gasteiger partial charge < -0.3 is 4.74 Å². The van der Waals surface area contributed by atoms with Crippen molar-refractivity contribution in [3.63, 3.8) is 0 Å². The van der Waals surface area contributed by atoms with Crippen LogP contribution >= 0.6 is 11.6 Å². The van der Waals surface area contributed by atoms with E-state index in [-0.39, 0.29) is 18.0 Å². The molecule has 1 saturated heterocycles. The first-order valence-corrected chi connectivity index (χ1v) is 8.27. The van der Waals surface area contributed by atoms with Crippen LogP contribution in [0.25, 0.3) is 0 Å². The fourth-order valence-electron chi connectivity index (χ4n) is 2.61. The minimum absolute atomic E-state index is 0.0502. The van der Waals surface area contributed by atoms with Crippen LogP contribution < -0.4 is 21.0 Å². The maximum Gasteiger partial charge on any atom is 0.258 e. The highest BCUT2D eigenvalue weighted by Crippen LogP contribution is 2.24. The van der Waals surface area contributed by atoms with E-state index in [4.69, 9.17) is 16.3 Å². The first-order chi connectivity index (χ1) is 12.2. The number of ether oxygens (including phenoxy) is 1. The second kappa shape index (κ2) is 8.11. The average Bonchev–Trinajstić information content (AvgIpc) is 3.13. The molecule has 2 aromatic rings. The van der Waals surface area contributed by atoms with E-state index < -0.39 is 0 Å². The molecule has 3 N–H and O–H groups in total. The number of carbonyl (C=O) groups is 1. The topological polar surface area (TPSA) is 74.8 Å². The van der Waals surface area contributed by atoms with Crippen molar-refractivity contribution in [1.29, 1.82) is 0 Å². The molecule has 7 heteroatoms. The Kier molecular flexibility index (Phi) is 5.65. The quantitative estimate of drug-likeness (QED) is 0.567. The largest absolute Gasteiger partial charge is 0.497 e. The fraction of sp³-hybridized carbons (Fsp3) is 0.222. The molecule has 0 bridgehead atoms. The van der Waals surface area contributed by atoms with E-state index in [0.717, 1.165) is 16.9 Å². The zero-order valence-corrected chi connectivity index (χ0v) is 14.5. The van der Waals surface area contributed by atoms with Crippen LogP contribution in [0.15, 0.2) is 53.6 Å². The van der Waals surface area contributed by atoms with E-state index in [1.165, 1.54) is 6.21 Å². The Labute approximate surface area is 151 Å². The van der Waals surface area contributed by atoms with E-state index in [0.29, 0.717) is 11.4 Å². The molecule has 1 aliphatic rings. The predicted molar refractivity (Wildman–Crippen MR) is 97.6 cm³/mol. The lowest BCUT2D eigenvalue weighted by Crippen LogP contribution is -2.41. The van der Waals surface area contributed by atoms with Gasteiger partial charge in [0.2, 0.25) is 0 Å². The third-order valence-electron chi connectivity index (χ3n) is 4.02. The van der Waals surface area contributed by atoms with Crippen LogP contribution in [0, 0.1) is 0 Å². The molecule has 2 atom stereocenters. The smallest absolute Gasteiger partial charge is 0.258 e. The minimum atomic E-state index is -0.365. The van der Waals surface area contributed by atoms with Crippen molar-refractivity contribution in [2.75, 3.05) is 7.11 Å². The van der Waals surface area contributed by atoms with E-state index >= 15 is 0 Å². The number of carbonyl (C=O) groups excluding carboxylic acids is 1. The van der Waals surface area contributed by atoms with Gasteiger partial charge in [0.05, 0.1) is 13.3 Å². The number of hydrogen-bond donors (Lipinski definition) is 3. The summed E-state index contributed by atoms with van der Waals surface area (Å²) in [7, 11) is 1.63. The molecule has 2 unspecified atom stereocenters. The molecule has 0 spiro atoms. The lowest BCUT2D eigenvalue weighted by atomic mass is 10.0. The van der Waals surface area contributed by atoms with Crippen LogP contribution in [0.2, 0.25) is 5.02 Å². The second-order valence-electron chi connectivity index (χ2n) is 5.66. The molecular formula is C18H19ClN4O2. The number of benzene rings is 2. The number of nitrogens with one attached hydrogen (secondary N) is 3. The fourth-order valence-corrected chi connectivity index (χ4v) is 2.79. The molecule has 0 aromatic heterocycles. The summed E-state index contributed by atoms with van der Waals surface area (Å²) >= 11 is 6.04. The summed E-state index contributed by atoms with van der Waals surface area (Å²) < 4.78 is 5.15. The highest BCUT2D eigenvalue weighted by Gasteiger charge is 2.29. The normalized spacial score (nSPS) is 19.9. The zero-order valence-electron chi connectivity index (χ0n) is 13.7. The van der Waals surface area contributed by atoms with Crippen molar-refractivity contribution >= 4 is 23.7 Å². The van der Waals surface area contributed by atoms with Crippen LogP contribution in [0.1, 0.15) is 23.6 Å². The van der Waals surface area contributed by atoms with Gasteiger partial charge in [-0.05, 0) is 30.2 Å². The van der Waals surface area contributed by atoms with Crippen LogP contribution in [-0.4, -0.2) is 25.3 Å². The molecule has 3 rings (SSSR count). The number of methoxy groups -OCH3 is 1. The summed E-state index contributed by atoms with van der Waals surface area (Å²) in [5.74, 6) is 0.602. The summed E-state index contributed by atoms with van der Waals surface area (Å²) in [5, 5.41) is 4.56. The van der Waals surface area contributed by atoms with Crippen LogP contribution in [-0.2, 0) is 4.79 Å². The molecule has 2 aromatic carbocycles. The van der Waals surface area contributed by atoms with Gasteiger partial charge in [0, 0.05) is 16.6 Å². The van der Waals surface area contributed by atoms with E-state index in [1.807, 2.05) is 42.5 Å². The van der Waals surface area contributed by atoms with Gasteiger partial charge in [-0.3, -0.25) is 4.79 Å². The van der Waals surface area contributed by atoms with Crippen molar-refractivity contribution in [1.82, 2.24) is 16.3 Å². The van der Waals surface area contributed by atoms with Gasteiger partial charge in [-0.25, -0.2) is 16.3 Å². The first-order valence-electron chi connectivity index (χ1n) is 7.90. The highest BCUT2D eigenvalue weighted by atomic mass is 35.5. The summed E-state index contributed by atoms with van der Waals surface area (Å²) in [6, 6.07) is 14.7. The Morgan fingerprint density at radius 3 is 2.72 bits per heavy atom. The van der Waals surface area contributed by atoms with Crippen LogP contribution in [0.3, 0.4) is 0 Å². The lowest BCUT2D eigenvalue weighted by molar-refractivity contribution is -0.122. The lowest BCUT2D eigenvalue weighted by Gasteiger charge is -2.10. The summed E-state index contributed by atoms with van der Waals surface area (Å²) in [6.45, 7) is 0. The van der Waals surface area contributed by atoms with E-state index in [1.54, 1.807) is 13.2 Å². The molecule has 0 saturated carbocycles. The third kappa shape index (κ3) is 4.36. The number of amides is 1. The third-order valence-corrected chi connectivity index (χ3v) is 4.37. The average molecular weight is 359 g/mol. The SMILES string of the molecule is COc1ccc(C2CC(C(=O)N/N=C/c3ccccc3Cl)NN2)cc1. The molecule has 1 heterocycles. The molecular weight excluding hydrogens is 340 g/mol. The van der Waals surface area contributed by atoms with Crippen molar-refractivity contribution in [3.05, 3.63) is 64.7 Å². The summed E-state index contributed by atoms with van der Waals surface area (Å²) in [4.78, 5) is 12.2. The minimum Gasteiger partial charge on any atom is -0.497 e. The highest BCUT2D eigenvalue weighted by molar-refractivity contribution is 6.33. The Balaban J connectivity index is 1.54. The monoisotopic (exact) mass is 358 g/mol. The van der Waals surface area contributed by atoms with Crippen molar-refractivity contribution < 1.29 is 9.53 Å². The maximum atomic E-state index is 12.2. The Morgan fingerprint density at radius 2 is 2.00 bits per heavy atom. The number of rotatable bonds is 5. The molecule has 130 valence electrons. The van der Waals surface area contributed by atoms with Gasteiger partial charge in [0.15, 0.2) is 0 Å². The van der Waals surface area contributed by atoms with E-state index in [9.17, 15) is 4.79 Å². The summed E-state index contributed by atoms with van der Waals surface area (Å²) in [5.41, 5.74) is 10.5. The van der Waals surface area contributed by atoms with Gasteiger partial charge in [-0.15, -0.1) is 0 Å². The summed E-state index contributed by atoms with van der Waals surface area (Å²) in [6.07, 6.45) is 2.16. The number of hydrazone groups is 1. The Hall–Kier alpha value is -2.41. The predicted octanol–water partition coefficient (Wildman–Crippen LogP) is 2.41. The second-order valence-corrected chi connectivity index (χ2v) is 6.07. The molecule has 1 amide bonds. The first kappa shape index (κ1) is 17.4. The van der Waals surface area contributed by atoms with Crippen molar-refractivity contribution in [2.45, 2.75) is 18.5 Å². The van der Waals surface area contributed by atoms with Gasteiger partial charge in [0.25, 0.3) is 5.91 Å². The Bertz CT molecular complexity index is 764. The number of hydrogen-bond acceptors (Lipinski definition) is 5. The maximum absolute atomic E-state index is 12.2. The van der Waals surface area contributed by atoms with Gasteiger partial charge in [0.1, 0.15) is 11.8 Å². The van der Waals surface area contributed by atoms with Gasteiger partial charge in [-0.2, -0.15) is 5.10 Å². The Morgan fingerprint density at radius 1 is 1.24 bits per heavy atom. The van der Waals surface area contributed by atoms with Crippen molar-refractivity contribution in [2.24, 2.45) is 5.10 Å². The molecule has 1 fully saturated rings. The molecule has 1 aliphatic heterocycles.